The zero-order valence-corrected chi connectivity index (χ0v) is 22.7. The van der Waals surface area contributed by atoms with Crippen LogP contribution in [0.25, 0.3) is 11.1 Å². The molecule has 1 aliphatic heterocycles. The quantitative estimate of drug-likeness (QED) is 0.339. The van der Waals surface area contributed by atoms with Crippen LogP contribution in [0.4, 0.5) is 5.13 Å². The second kappa shape index (κ2) is 11.1. The summed E-state index contributed by atoms with van der Waals surface area (Å²) >= 11 is 1.57. The van der Waals surface area contributed by atoms with Crippen LogP contribution in [-0.4, -0.2) is 46.3 Å². The van der Waals surface area contributed by atoms with Crippen LogP contribution >= 0.6 is 11.3 Å². The van der Waals surface area contributed by atoms with Crippen LogP contribution in [0.1, 0.15) is 62.2 Å². The Kier molecular flexibility index (Phi) is 7.22. The molecular weight excluding hydrogens is 506 g/mol. The van der Waals surface area contributed by atoms with E-state index in [4.69, 9.17) is 0 Å². The summed E-state index contributed by atoms with van der Waals surface area (Å²) in [7, 11) is 1.99. The van der Waals surface area contributed by atoms with Crippen molar-refractivity contribution in [2.45, 2.75) is 44.2 Å². The summed E-state index contributed by atoms with van der Waals surface area (Å²) in [6.07, 6.45) is 8.28. The molecule has 2 amide bonds. The van der Waals surface area contributed by atoms with Crippen LogP contribution in [0, 0.1) is 0 Å². The molecule has 8 heteroatoms. The maximum atomic E-state index is 13.5. The summed E-state index contributed by atoms with van der Waals surface area (Å²) in [5.74, 6) is -0.155. The number of benzene rings is 2. The van der Waals surface area contributed by atoms with E-state index in [1.165, 1.54) is 4.88 Å². The van der Waals surface area contributed by atoms with Crippen molar-refractivity contribution in [3.05, 3.63) is 100 Å². The van der Waals surface area contributed by atoms with Gasteiger partial charge in [0.1, 0.15) is 0 Å². The normalized spacial score (nSPS) is 18.5. The molecule has 2 N–H and O–H groups in total. The Morgan fingerprint density at radius 3 is 2.56 bits per heavy atom. The van der Waals surface area contributed by atoms with Gasteiger partial charge < -0.3 is 10.2 Å². The second-order valence-electron chi connectivity index (χ2n) is 10.2. The number of anilines is 1. The van der Waals surface area contributed by atoms with Gasteiger partial charge in [-0.3, -0.25) is 19.9 Å². The van der Waals surface area contributed by atoms with E-state index in [0.717, 1.165) is 54.5 Å². The minimum atomic E-state index is -0.171. The third-order valence-corrected chi connectivity index (χ3v) is 8.80. The van der Waals surface area contributed by atoms with Crippen molar-refractivity contribution in [3.8, 4) is 11.1 Å². The van der Waals surface area contributed by atoms with Gasteiger partial charge in [0.25, 0.3) is 11.8 Å². The Bertz CT molecular complexity index is 1480. The summed E-state index contributed by atoms with van der Waals surface area (Å²) in [4.78, 5) is 38.6. The molecule has 2 atom stereocenters. The second-order valence-corrected chi connectivity index (χ2v) is 11.3. The summed E-state index contributed by atoms with van der Waals surface area (Å²) < 4.78 is 0. The largest absolute Gasteiger partial charge is 0.332 e. The van der Waals surface area contributed by atoms with Gasteiger partial charge in [0.15, 0.2) is 5.13 Å². The predicted octanol–water partition coefficient (Wildman–Crippen LogP) is 5.51. The molecule has 1 aliphatic carbocycles. The van der Waals surface area contributed by atoms with Gasteiger partial charge in [-0.1, -0.05) is 24.3 Å². The maximum Gasteiger partial charge on any atom is 0.257 e. The molecule has 0 spiro atoms. The Labute approximate surface area is 232 Å². The number of carbonyl (C=O) groups is 2. The molecule has 3 heterocycles. The molecule has 0 unspecified atom stereocenters. The van der Waals surface area contributed by atoms with Crippen molar-refractivity contribution in [1.29, 1.82) is 0 Å². The van der Waals surface area contributed by atoms with Gasteiger partial charge in [0, 0.05) is 41.0 Å². The van der Waals surface area contributed by atoms with Gasteiger partial charge in [-0.15, -0.1) is 11.3 Å². The molecule has 39 heavy (non-hydrogen) atoms. The first-order valence-corrected chi connectivity index (χ1v) is 14.3. The van der Waals surface area contributed by atoms with Crippen molar-refractivity contribution in [3.63, 3.8) is 0 Å². The topological polar surface area (TPSA) is 87.2 Å². The number of aromatic nitrogens is 2. The average Bonchev–Trinajstić information content (AvgIpc) is 3.64. The maximum absolute atomic E-state index is 13.5. The lowest BCUT2D eigenvalue weighted by atomic mass is 9.98. The van der Waals surface area contributed by atoms with Crippen molar-refractivity contribution >= 4 is 28.3 Å². The first-order valence-electron chi connectivity index (χ1n) is 13.5. The van der Waals surface area contributed by atoms with E-state index in [-0.39, 0.29) is 17.9 Å². The van der Waals surface area contributed by atoms with E-state index >= 15 is 0 Å². The highest BCUT2D eigenvalue weighted by atomic mass is 32.1. The van der Waals surface area contributed by atoms with Crippen LogP contribution < -0.4 is 10.6 Å². The van der Waals surface area contributed by atoms with Crippen molar-refractivity contribution < 1.29 is 9.59 Å². The standard InChI is InChI=1S/C31H31N5O2S/c1-32-25-11-12-26-28(19-25)39-31(34-26)35-29(37)24-5-2-4-23(18-24)27-6-3-17-36(27)30(38)22-9-7-20(8-10-22)21-13-15-33-16-14-21/h2,4-5,7-10,13-16,18,25,27,32H,3,6,11-12,17,19H2,1H3,(H,34,35,37)/t25-,27+/m0/s1. The van der Waals surface area contributed by atoms with E-state index in [1.54, 1.807) is 23.7 Å². The van der Waals surface area contributed by atoms with Crippen molar-refractivity contribution in [1.82, 2.24) is 20.2 Å². The van der Waals surface area contributed by atoms with Gasteiger partial charge in [0.2, 0.25) is 0 Å². The zero-order valence-electron chi connectivity index (χ0n) is 21.9. The molecule has 2 aromatic heterocycles. The predicted molar refractivity (Wildman–Crippen MR) is 154 cm³/mol. The van der Waals surface area contributed by atoms with E-state index in [1.807, 2.05) is 72.6 Å². The average molecular weight is 538 g/mol. The Balaban J connectivity index is 1.16. The summed E-state index contributed by atoms with van der Waals surface area (Å²) in [6.45, 7) is 0.699. The highest BCUT2D eigenvalue weighted by Gasteiger charge is 2.31. The Morgan fingerprint density at radius 2 is 1.77 bits per heavy atom. The summed E-state index contributed by atoms with van der Waals surface area (Å²) in [5.41, 5.74) is 5.45. The van der Waals surface area contributed by atoms with Crippen LogP contribution in [0.3, 0.4) is 0 Å². The number of fused-ring (bicyclic) bond motifs is 1. The minimum absolute atomic E-state index is 0.0156. The third kappa shape index (κ3) is 5.35. The number of aryl methyl sites for hydroxylation is 1. The summed E-state index contributed by atoms with van der Waals surface area (Å²) in [6, 6.07) is 19.7. The van der Waals surface area contributed by atoms with Gasteiger partial charge in [0.05, 0.1) is 11.7 Å². The fourth-order valence-corrected chi connectivity index (χ4v) is 6.69. The molecule has 1 saturated heterocycles. The van der Waals surface area contributed by atoms with Crippen molar-refractivity contribution in [2.75, 3.05) is 18.9 Å². The highest BCUT2D eigenvalue weighted by molar-refractivity contribution is 7.15. The number of likely N-dealkylation sites (tertiary alicyclic amines) is 1. The monoisotopic (exact) mass is 537 g/mol. The Morgan fingerprint density at radius 1 is 0.974 bits per heavy atom. The number of pyridine rings is 1. The molecular formula is C31H31N5O2S. The molecule has 0 saturated carbocycles. The number of nitrogens with zero attached hydrogens (tertiary/aromatic N) is 3. The van der Waals surface area contributed by atoms with Crippen LogP contribution in [0.2, 0.25) is 0 Å². The third-order valence-electron chi connectivity index (χ3n) is 7.76. The number of carbonyl (C=O) groups excluding carboxylic acids is 2. The summed E-state index contributed by atoms with van der Waals surface area (Å²) in [5, 5.41) is 7.01. The van der Waals surface area contributed by atoms with E-state index in [2.05, 4.69) is 20.6 Å². The van der Waals surface area contributed by atoms with Crippen LogP contribution in [0.15, 0.2) is 73.1 Å². The molecule has 0 radical (unpaired) electrons. The van der Waals surface area contributed by atoms with Crippen LogP contribution in [-0.2, 0) is 12.8 Å². The first kappa shape index (κ1) is 25.4. The minimum Gasteiger partial charge on any atom is -0.332 e. The van der Waals surface area contributed by atoms with Gasteiger partial charge in [-0.05, 0) is 92.2 Å². The van der Waals surface area contributed by atoms with Gasteiger partial charge in [-0.25, -0.2) is 4.98 Å². The SMILES string of the molecule is CN[C@H]1CCc2nc(NC(=O)c3cccc([C@H]4CCCN4C(=O)c4ccc(-c5ccncc5)cc4)c3)sc2C1. The number of amides is 2. The molecule has 7 nitrogen and oxygen atoms in total. The molecule has 4 aromatic rings. The fraction of sp³-hybridized carbons (Fsp3) is 0.290. The smallest absolute Gasteiger partial charge is 0.257 e. The molecule has 198 valence electrons. The van der Waals surface area contributed by atoms with E-state index in [0.29, 0.717) is 28.8 Å². The lowest BCUT2D eigenvalue weighted by molar-refractivity contribution is 0.0735. The molecule has 1 fully saturated rings. The van der Waals surface area contributed by atoms with Gasteiger partial charge in [-0.2, -0.15) is 0 Å². The number of rotatable bonds is 6. The number of likely N-dealkylation sites (N-methyl/N-ethyl adjacent to an activating group) is 1. The molecule has 2 aromatic carbocycles. The Hall–Kier alpha value is -3.88. The highest BCUT2D eigenvalue weighted by Crippen LogP contribution is 2.34. The number of thiazole rings is 1. The van der Waals surface area contributed by atoms with Crippen LogP contribution in [0.5, 0.6) is 0 Å². The molecule has 0 bridgehead atoms. The zero-order chi connectivity index (χ0) is 26.8. The molecule has 6 rings (SSSR count). The first-order chi connectivity index (χ1) is 19.1. The van der Waals surface area contributed by atoms with Crippen molar-refractivity contribution in [2.24, 2.45) is 0 Å². The number of hydrogen-bond acceptors (Lipinski definition) is 6. The molecule has 2 aliphatic rings. The number of hydrogen-bond donors (Lipinski definition) is 2. The van der Waals surface area contributed by atoms with E-state index < -0.39 is 0 Å². The lowest BCUT2D eigenvalue weighted by Gasteiger charge is -2.25. The fourth-order valence-electron chi connectivity index (χ4n) is 5.60. The van der Waals surface area contributed by atoms with E-state index in [9.17, 15) is 9.59 Å². The lowest BCUT2D eigenvalue weighted by Crippen LogP contribution is -2.30. The number of nitrogens with one attached hydrogen (secondary N) is 2. The van der Waals surface area contributed by atoms with Gasteiger partial charge >= 0.3 is 0 Å².